The zero-order chi connectivity index (χ0) is 15.6. The van der Waals surface area contributed by atoms with Gasteiger partial charge in [0.15, 0.2) is 9.84 Å². The highest BCUT2D eigenvalue weighted by atomic mass is 79.9. The van der Waals surface area contributed by atoms with Crippen molar-refractivity contribution in [1.82, 2.24) is 4.90 Å². The molecular weight excluding hydrogens is 358 g/mol. The molecule has 1 fully saturated rings. The molecule has 1 aromatic rings. The smallest absolute Gasteiger partial charge is 0.317 e. The summed E-state index contributed by atoms with van der Waals surface area (Å²) in [7, 11) is -3.03. The number of benzene rings is 1. The molecule has 0 aliphatic carbocycles. The van der Waals surface area contributed by atoms with Crippen molar-refractivity contribution in [3.05, 3.63) is 33.8 Å². The Hall–Kier alpha value is -0.920. The van der Waals surface area contributed by atoms with Crippen LogP contribution in [-0.2, 0) is 21.2 Å². The van der Waals surface area contributed by atoms with Crippen LogP contribution in [0.2, 0.25) is 0 Å². The van der Waals surface area contributed by atoms with E-state index < -0.39 is 15.8 Å². The van der Waals surface area contributed by atoms with Crippen molar-refractivity contribution in [2.24, 2.45) is 0 Å². The van der Waals surface area contributed by atoms with Crippen LogP contribution in [0.1, 0.15) is 17.5 Å². The Kier molecular flexibility index (Phi) is 5.06. The highest BCUT2D eigenvalue weighted by Gasteiger charge is 2.33. The van der Waals surface area contributed by atoms with Crippen molar-refractivity contribution < 1.29 is 18.3 Å². The molecule has 1 saturated heterocycles. The lowest BCUT2D eigenvalue weighted by atomic mass is 10.1. The Morgan fingerprint density at radius 2 is 2.19 bits per heavy atom. The maximum atomic E-state index is 11.6. The lowest BCUT2D eigenvalue weighted by Gasteiger charge is -2.26. The van der Waals surface area contributed by atoms with Crippen LogP contribution in [-0.4, -0.2) is 48.5 Å². The van der Waals surface area contributed by atoms with Gasteiger partial charge in [0.2, 0.25) is 0 Å². The van der Waals surface area contributed by atoms with Crippen LogP contribution < -0.4 is 0 Å². The van der Waals surface area contributed by atoms with E-state index in [4.69, 9.17) is 5.11 Å². The molecule has 0 amide bonds. The van der Waals surface area contributed by atoms with E-state index in [-0.39, 0.29) is 24.1 Å². The quantitative estimate of drug-likeness (QED) is 0.849. The molecule has 1 unspecified atom stereocenters. The lowest BCUT2D eigenvalue weighted by molar-refractivity contribution is -0.139. The second-order valence-electron chi connectivity index (χ2n) is 5.44. The van der Waals surface area contributed by atoms with Gasteiger partial charge in [0.1, 0.15) is 0 Å². The molecule has 1 atom stereocenters. The molecule has 7 heteroatoms. The molecular formula is C14H18BrNO4S. The van der Waals surface area contributed by atoms with E-state index in [2.05, 4.69) is 15.9 Å². The van der Waals surface area contributed by atoms with Crippen LogP contribution in [0.15, 0.2) is 22.7 Å². The van der Waals surface area contributed by atoms with Crippen LogP contribution in [0.25, 0.3) is 0 Å². The number of aryl methyl sites for hydroxylation is 1. The van der Waals surface area contributed by atoms with Gasteiger partial charge in [-0.15, -0.1) is 0 Å². The zero-order valence-corrected chi connectivity index (χ0v) is 14.2. The van der Waals surface area contributed by atoms with E-state index in [0.29, 0.717) is 13.0 Å². The van der Waals surface area contributed by atoms with Crippen molar-refractivity contribution in [2.45, 2.75) is 25.9 Å². The first-order chi connectivity index (χ1) is 9.77. The molecule has 116 valence electrons. The maximum absolute atomic E-state index is 11.6. The third kappa shape index (κ3) is 4.52. The van der Waals surface area contributed by atoms with Crippen molar-refractivity contribution in [2.75, 3.05) is 18.1 Å². The lowest BCUT2D eigenvalue weighted by Crippen LogP contribution is -2.39. The van der Waals surface area contributed by atoms with Crippen molar-refractivity contribution in [1.29, 1.82) is 0 Å². The Morgan fingerprint density at radius 1 is 1.48 bits per heavy atom. The van der Waals surface area contributed by atoms with E-state index in [9.17, 15) is 13.2 Å². The van der Waals surface area contributed by atoms with Gasteiger partial charge in [0, 0.05) is 17.1 Å². The number of nitrogens with zero attached hydrogens (tertiary/aromatic N) is 1. The molecule has 21 heavy (non-hydrogen) atoms. The molecule has 0 radical (unpaired) electrons. The van der Waals surface area contributed by atoms with Crippen molar-refractivity contribution in [3.8, 4) is 0 Å². The Balaban J connectivity index is 2.16. The molecule has 2 rings (SSSR count). The average molecular weight is 376 g/mol. The highest BCUT2D eigenvalue weighted by Crippen LogP contribution is 2.22. The van der Waals surface area contributed by atoms with E-state index in [1.54, 1.807) is 4.90 Å². The number of carboxylic acids is 1. The zero-order valence-electron chi connectivity index (χ0n) is 11.8. The summed E-state index contributed by atoms with van der Waals surface area (Å²) in [5, 5.41) is 9.05. The summed E-state index contributed by atoms with van der Waals surface area (Å²) in [5.74, 6) is -0.740. The van der Waals surface area contributed by atoms with Gasteiger partial charge in [-0.25, -0.2) is 8.42 Å². The summed E-state index contributed by atoms with van der Waals surface area (Å²) >= 11 is 3.43. The molecule has 0 saturated carbocycles. The minimum Gasteiger partial charge on any atom is -0.480 e. The molecule has 0 bridgehead atoms. The minimum absolute atomic E-state index is 0.0514. The van der Waals surface area contributed by atoms with Gasteiger partial charge >= 0.3 is 5.97 Å². The van der Waals surface area contributed by atoms with E-state index in [1.807, 2.05) is 25.1 Å². The van der Waals surface area contributed by atoms with Gasteiger partial charge in [-0.1, -0.05) is 28.1 Å². The molecule has 1 aliphatic rings. The maximum Gasteiger partial charge on any atom is 0.317 e. The number of rotatable bonds is 5. The topological polar surface area (TPSA) is 74.7 Å². The number of hydrogen-bond acceptors (Lipinski definition) is 4. The number of carbonyl (C=O) groups is 1. The normalized spacial score (nSPS) is 20.8. The number of aliphatic carboxylic acids is 1. The van der Waals surface area contributed by atoms with Crippen LogP contribution in [0, 0.1) is 6.92 Å². The Labute approximate surface area is 133 Å². The van der Waals surface area contributed by atoms with Gasteiger partial charge in [0.25, 0.3) is 0 Å². The SMILES string of the molecule is Cc1cc(CN(CC(=O)O)C2CCS(=O)(=O)C2)ccc1Br. The van der Waals surface area contributed by atoms with Crippen LogP contribution in [0.3, 0.4) is 0 Å². The highest BCUT2D eigenvalue weighted by molar-refractivity contribution is 9.10. The molecule has 1 heterocycles. The van der Waals surface area contributed by atoms with Crippen LogP contribution >= 0.6 is 15.9 Å². The summed E-state index contributed by atoms with van der Waals surface area (Å²) in [5.41, 5.74) is 2.06. The Bertz CT molecular complexity index is 644. The van der Waals surface area contributed by atoms with Crippen LogP contribution in [0.5, 0.6) is 0 Å². The second kappa shape index (κ2) is 6.46. The number of sulfone groups is 1. The van der Waals surface area contributed by atoms with Gasteiger partial charge in [-0.05, 0) is 30.5 Å². The fourth-order valence-electron chi connectivity index (χ4n) is 2.59. The summed E-state index contributed by atoms with van der Waals surface area (Å²) in [4.78, 5) is 12.8. The van der Waals surface area contributed by atoms with Gasteiger partial charge in [0.05, 0.1) is 18.1 Å². The largest absolute Gasteiger partial charge is 0.480 e. The number of halogens is 1. The minimum atomic E-state index is -3.03. The van der Waals surface area contributed by atoms with Gasteiger partial charge in [-0.3, -0.25) is 9.69 Å². The van der Waals surface area contributed by atoms with E-state index in [1.165, 1.54) is 0 Å². The molecule has 0 spiro atoms. The summed E-state index contributed by atoms with van der Waals surface area (Å²) in [6.07, 6.45) is 0.505. The fraction of sp³-hybridized carbons (Fsp3) is 0.500. The van der Waals surface area contributed by atoms with Gasteiger partial charge in [-0.2, -0.15) is 0 Å². The van der Waals surface area contributed by atoms with Gasteiger partial charge < -0.3 is 5.11 Å². The third-order valence-corrected chi connectivity index (χ3v) is 6.31. The first kappa shape index (κ1) is 16.5. The predicted molar refractivity (Wildman–Crippen MR) is 84.0 cm³/mol. The molecule has 5 nitrogen and oxygen atoms in total. The molecule has 1 aliphatic heterocycles. The predicted octanol–water partition coefficient (Wildman–Crippen LogP) is 1.83. The van der Waals surface area contributed by atoms with E-state index >= 15 is 0 Å². The molecule has 1 N–H and O–H groups in total. The Morgan fingerprint density at radius 3 is 2.71 bits per heavy atom. The standard InChI is InChI=1S/C14H18BrNO4S/c1-10-6-11(2-3-13(10)15)7-16(8-14(17)18)12-4-5-21(19,20)9-12/h2-3,6,12H,4-5,7-9H2,1H3,(H,17,18). The third-order valence-electron chi connectivity index (χ3n) is 3.67. The monoisotopic (exact) mass is 375 g/mol. The van der Waals surface area contributed by atoms with E-state index in [0.717, 1.165) is 15.6 Å². The second-order valence-corrected chi connectivity index (χ2v) is 8.52. The van der Waals surface area contributed by atoms with Crippen LogP contribution in [0.4, 0.5) is 0 Å². The number of carboxylic acid groups (broad SMARTS) is 1. The summed E-state index contributed by atoms with van der Waals surface area (Å²) in [6, 6.07) is 5.63. The van der Waals surface area contributed by atoms with Crippen molar-refractivity contribution >= 4 is 31.7 Å². The number of hydrogen-bond donors (Lipinski definition) is 1. The summed E-state index contributed by atoms with van der Waals surface area (Å²) < 4.78 is 24.2. The fourth-order valence-corrected chi connectivity index (χ4v) is 4.60. The molecule has 0 aromatic heterocycles. The molecule has 1 aromatic carbocycles. The summed E-state index contributed by atoms with van der Waals surface area (Å²) in [6.45, 7) is 2.27. The first-order valence-corrected chi connectivity index (χ1v) is 9.29. The van der Waals surface area contributed by atoms with Crippen molar-refractivity contribution in [3.63, 3.8) is 0 Å². The first-order valence-electron chi connectivity index (χ1n) is 6.68. The average Bonchev–Trinajstić information content (AvgIpc) is 2.73.